The number of fused-ring (bicyclic) bond motifs is 1. The van der Waals surface area contributed by atoms with E-state index in [9.17, 15) is 22.8 Å². The molecule has 0 bridgehead atoms. The molecule has 14 heteroatoms. The summed E-state index contributed by atoms with van der Waals surface area (Å²) in [5.74, 6) is -1.95. The van der Waals surface area contributed by atoms with Crippen molar-refractivity contribution in [1.82, 2.24) is 29.6 Å². The first kappa shape index (κ1) is 26.6. The zero-order valence-electron chi connectivity index (χ0n) is 19.3. The first-order valence-electron chi connectivity index (χ1n) is 11.1. The fourth-order valence-corrected chi connectivity index (χ4v) is 3.63. The maximum Gasteiger partial charge on any atom is 0.388 e. The summed E-state index contributed by atoms with van der Waals surface area (Å²) in [4.78, 5) is 35.2. The highest BCUT2D eigenvalue weighted by Gasteiger charge is 2.32. The number of likely N-dealkylation sites (tertiary alicyclic amines) is 1. The molecular formula is C22H24F3N8O3-. The molecule has 3 N–H and O–H groups in total. The number of piperidine rings is 1. The van der Waals surface area contributed by atoms with E-state index in [0.29, 0.717) is 29.7 Å². The number of H-pyrrole nitrogens is 1. The number of hydrogen-bond acceptors (Lipinski definition) is 6. The summed E-state index contributed by atoms with van der Waals surface area (Å²) < 4.78 is 37.8. The van der Waals surface area contributed by atoms with Gasteiger partial charge in [-0.2, -0.15) is 23.5 Å². The maximum atomic E-state index is 12.0. The van der Waals surface area contributed by atoms with Crippen molar-refractivity contribution in [3.63, 3.8) is 0 Å². The number of carboxylic acid groups (broad SMARTS) is 1. The lowest BCUT2D eigenvalue weighted by Crippen LogP contribution is -2.43. The van der Waals surface area contributed by atoms with Gasteiger partial charge in [0.2, 0.25) is 5.91 Å². The Morgan fingerprint density at radius 3 is 2.58 bits per heavy atom. The fourth-order valence-electron chi connectivity index (χ4n) is 3.63. The number of aryl methyl sites for hydroxylation is 1. The largest absolute Gasteiger partial charge is 0.667 e. The van der Waals surface area contributed by atoms with E-state index in [-0.39, 0.29) is 24.6 Å². The highest BCUT2D eigenvalue weighted by molar-refractivity contribution is 6.00. The predicted octanol–water partition coefficient (Wildman–Crippen LogP) is 3.66. The Hall–Kier alpha value is -3.99. The molecule has 0 aromatic carbocycles. The number of aromatic amines is 1. The number of nitrogens with zero attached hydrogens (tertiary/aromatic N) is 6. The van der Waals surface area contributed by atoms with Crippen LogP contribution in [0.25, 0.3) is 28.2 Å². The topological polar surface area (TPSA) is 165 Å². The summed E-state index contributed by atoms with van der Waals surface area (Å²) in [5, 5.41) is 21.9. The number of carboxylic acids is 1. The molecular weight excluding hydrogens is 481 g/mol. The molecule has 0 aliphatic carbocycles. The average molecular weight is 505 g/mol. The number of amides is 1. The molecule has 3 aromatic rings. The zero-order chi connectivity index (χ0) is 26.5. The number of halogens is 3. The number of alkyl halides is 3. The first-order valence-corrected chi connectivity index (χ1v) is 11.1. The Morgan fingerprint density at radius 1 is 1.33 bits per heavy atom. The second-order valence-electron chi connectivity index (χ2n) is 8.15. The van der Waals surface area contributed by atoms with E-state index in [4.69, 9.17) is 16.1 Å². The Labute approximate surface area is 203 Å². The summed E-state index contributed by atoms with van der Waals surface area (Å²) in [5.41, 5.74) is 9.54. The molecule has 1 fully saturated rings. The molecule has 4 rings (SSSR count). The van der Waals surface area contributed by atoms with Crippen LogP contribution in [0.3, 0.4) is 0 Å². The summed E-state index contributed by atoms with van der Waals surface area (Å²) in [6.45, 7) is 3.29. The summed E-state index contributed by atoms with van der Waals surface area (Å²) >= 11 is 0. The molecule has 0 radical (unpaired) electrons. The van der Waals surface area contributed by atoms with Crippen LogP contribution in [0.2, 0.25) is 0 Å². The van der Waals surface area contributed by atoms with Crippen LogP contribution in [0.1, 0.15) is 36.5 Å². The second-order valence-corrected chi connectivity index (χ2v) is 8.15. The van der Waals surface area contributed by atoms with Crippen LogP contribution in [0.5, 0.6) is 0 Å². The summed E-state index contributed by atoms with van der Waals surface area (Å²) in [6.07, 6.45) is 1.57. The van der Waals surface area contributed by atoms with Crippen molar-refractivity contribution >= 4 is 23.0 Å². The number of hydrogen-bond donors (Lipinski definition) is 2. The first-order chi connectivity index (χ1) is 17.0. The van der Waals surface area contributed by atoms with Gasteiger partial charge < -0.3 is 20.7 Å². The lowest BCUT2D eigenvalue weighted by Gasteiger charge is -2.34. The van der Waals surface area contributed by atoms with Gasteiger partial charge in [-0.3, -0.25) is 9.48 Å². The molecule has 1 amide bonds. The lowest BCUT2D eigenvalue weighted by molar-refractivity contribution is -0.150. The molecule has 1 aliphatic heterocycles. The normalized spacial score (nSPS) is 15.2. The molecule has 11 nitrogen and oxygen atoms in total. The van der Waals surface area contributed by atoms with Crippen LogP contribution >= 0.6 is 0 Å². The van der Waals surface area contributed by atoms with Crippen LogP contribution < -0.4 is 0 Å². The van der Waals surface area contributed by atoms with Crippen molar-refractivity contribution in [2.45, 2.75) is 44.9 Å². The van der Waals surface area contributed by atoms with E-state index < -0.39 is 30.5 Å². The molecule has 1 aliphatic rings. The van der Waals surface area contributed by atoms with Crippen molar-refractivity contribution < 1.29 is 27.9 Å². The molecule has 0 saturated carbocycles. The van der Waals surface area contributed by atoms with Gasteiger partial charge in [0.15, 0.2) is 5.65 Å². The van der Waals surface area contributed by atoms with E-state index in [1.807, 2.05) is 13.1 Å². The van der Waals surface area contributed by atoms with Gasteiger partial charge >= 0.3 is 12.1 Å². The van der Waals surface area contributed by atoms with E-state index in [2.05, 4.69) is 26.1 Å². The minimum Gasteiger partial charge on any atom is -0.667 e. The summed E-state index contributed by atoms with van der Waals surface area (Å²) in [6, 6.07) is 0.282. The van der Waals surface area contributed by atoms with E-state index in [0.717, 1.165) is 12.1 Å². The molecule has 0 spiro atoms. The van der Waals surface area contributed by atoms with Crippen LogP contribution in [0.4, 0.5) is 13.2 Å². The van der Waals surface area contributed by atoms with Gasteiger partial charge in [0, 0.05) is 49.9 Å². The van der Waals surface area contributed by atoms with Gasteiger partial charge in [-0.05, 0) is 25.8 Å². The van der Waals surface area contributed by atoms with Gasteiger partial charge in [-0.25, -0.2) is 14.8 Å². The standard InChI is InChI=1S/C12H11N5O2.C10H13F3N3O/c1-2-17-6-7(3-15-17)9-5-14-11-10(16-9)8(4-13-11)12(18)19;11-10(12,13)5-8(15)9(17)16-3-1-7(6-14)2-4-16/h3-6H,2H2,1H3,(H,13,14)(H,18,19);7-8,15H,1-5H2/q;-1/t;8-/m.0/s1. The third-order valence-electron chi connectivity index (χ3n) is 5.59. The van der Waals surface area contributed by atoms with Gasteiger partial charge in [0.1, 0.15) is 11.1 Å². The Kier molecular flexibility index (Phi) is 8.25. The number of carbonyl (C=O) groups is 2. The minimum absolute atomic E-state index is 0.118. The lowest BCUT2D eigenvalue weighted by atomic mass is 9.98. The third kappa shape index (κ3) is 6.57. The molecule has 0 unspecified atom stereocenters. The zero-order valence-corrected chi connectivity index (χ0v) is 19.3. The molecule has 4 heterocycles. The number of nitrogens with one attached hydrogen (secondary N) is 2. The van der Waals surface area contributed by atoms with E-state index >= 15 is 0 Å². The minimum atomic E-state index is -4.49. The van der Waals surface area contributed by atoms with Crippen molar-refractivity contribution in [3.05, 3.63) is 36.1 Å². The molecule has 1 atom stereocenters. The third-order valence-corrected chi connectivity index (χ3v) is 5.59. The van der Waals surface area contributed by atoms with Crippen molar-refractivity contribution in [3.8, 4) is 17.3 Å². The van der Waals surface area contributed by atoms with Gasteiger partial charge in [-0.1, -0.05) is 0 Å². The average Bonchev–Trinajstić information content (AvgIpc) is 3.50. The highest BCUT2D eigenvalue weighted by atomic mass is 19.4. The number of aromatic carboxylic acids is 1. The Bertz CT molecular complexity index is 1260. The monoisotopic (exact) mass is 505 g/mol. The SMILES string of the molecule is CCn1cc(-c2cnc3[nH]cc(C(=O)O)c3n2)cn1.N#CC1CCN(C(=O)[C@@H]([NH-])CC(F)(F)F)CC1. The number of nitriles is 1. The van der Waals surface area contributed by atoms with Crippen LogP contribution in [0, 0.1) is 17.2 Å². The summed E-state index contributed by atoms with van der Waals surface area (Å²) in [7, 11) is 0. The van der Waals surface area contributed by atoms with E-state index in [1.165, 1.54) is 11.1 Å². The Morgan fingerprint density at radius 2 is 2.03 bits per heavy atom. The number of aromatic nitrogens is 5. The Balaban J connectivity index is 0.000000202. The van der Waals surface area contributed by atoms with Crippen LogP contribution in [-0.4, -0.2) is 71.9 Å². The molecule has 36 heavy (non-hydrogen) atoms. The number of carbonyl (C=O) groups excluding carboxylic acids is 1. The van der Waals surface area contributed by atoms with E-state index in [1.54, 1.807) is 17.1 Å². The van der Waals surface area contributed by atoms with Gasteiger partial charge in [0.05, 0.1) is 24.2 Å². The van der Waals surface area contributed by atoms with Crippen molar-refractivity contribution in [2.24, 2.45) is 5.92 Å². The fraction of sp³-hybridized carbons (Fsp3) is 0.455. The van der Waals surface area contributed by atoms with Crippen LogP contribution in [0.15, 0.2) is 24.8 Å². The predicted molar refractivity (Wildman–Crippen MR) is 121 cm³/mol. The smallest absolute Gasteiger partial charge is 0.388 e. The van der Waals surface area contributed by atoms with Gasteiger partial charge in [-0.15, -0.1) is 0 Å². The maximum absolute atomic E-state index is 12.0. The van der Waals surface area contributed by atoms with Crippen molar-refractivity contribution in [2.75, 3.05) is 13.1 Å². The van der Waals surface area contributed by atoms with Gasteiger partial charge in [0.25, 0.3) is 0 Å². The van der Waals surface area contributed by atoms with Crippen molar-refractivity contribution in [1.29, 1.82) is 5.26 Å². The molecule has 192 valence electrons. The highest BCUT2D eigenvalue weighted by Crippen LogP contribution is 2.25. The number of rotatable bonds is 5. The van der Waals surface area contributed by atoms with Crippen LogP contribution in [-0.2, 0) is 11.3 Å². The molecule has 3 aromatic heterocycles. The molecule has 1 saturated heterocycles. The second kappa shape index (κ2) is 11.2. The quantitative estimate of drug-likeness (QED) is 0.534.